The quantitative estimate of drug-likeness (QED) is 0.639. The Labute approximate surface area is 82.7 Å². The molecule has 13 heavy (non-hydrogen) atoms. The largest absolute Gasteiger partial charge is 0.396 e. The molecule has 0 atom stereocenters. The Hall–Kier alpha value is -0.0800. The summed E-state index contributed by atoms with van der Waals surface area (Å²) in [6.45, 7) is 11.0. The van der Waals surface area contributed by atoms with Crippen molar-refractivity contribution in [2.75, 3.05) is 19.7 Å². The molecule has 0 amide bonds. The number of hydrogen-bond donors (Lipinski definition) is 2. The highest BCUT2D eigenvalue weighted by molar-refractivity contribution is 4.78. The van der Waals surface area contributed by atoms with Crippen LogP contribution in [0.4, 0.5) is 0 Å². The first kappa shape index (κ1) is 12.9. The maximum atomic E-state index is 9.30. The van der Waals surface area contributed by atoms with Gasteiger partial charge in [-0.05, 0) is 25.3 Å². The molecule has 0 spiro atoms. The summed E-state index contributed by atoms with van der Waals surface area (Å²) >= 11 is 0. The molecule has 0 saturated carbocycles. The zero-order valence-corrected chi connectivity index (χ0v) is 9.56. The van der Waals surface area contributed by atoms with Gasteiger partial charge in [-0.2, -0.15) is 0 Å². The molecule has 0 aliphatic rings. The van der Waals surface area contributed by atoms with Gasteiger partial charge in [-0.1, -0.05) is 27.7 Å². The normalized spacial score (nSPS) is 12.5. The second-order valence-corrected chi connectivity index (χ2v) is 4.39. The van der Waals surface area contributed by atoms with Crippen molar-refractivity contribution in [3.8, 4) is 0 Å². The van der Waals surface area contributed by atoms with Crippen LogP contribution >= 0.6 is 0 Å². The van der Waals surface area contributed by atoms with Gasteiger partial charge in [0.25, 0.3) is 0 Å². The lowest BCUT2D eigenvalue weighted by molar-refractivity contribution is 0.112. The van der Waals surface area contributed by atoms with Crippen molar-refractivity contribution in [2.24, 2.45) is 11.3 Å². The van der Waals surface area contributed by atoms with Crippen LogP contribution in [0.3, 0.4) is 0 Å². The van der Waals surface area contributed by atoms with Crippen molar-refractivity contribution in [3.05, 3.63) is 0 Å². The summed E-state index contributed by atoms with van der Waals surface area (Å²) in [5, 5.41) is 12.7. The van der Waals surface area contributed by atoms with Crippen LogP contribution in [0, 0.1) is 11.3 Å². The van der Waals surface area contributed by atoms with E-state index in [9.17, 15) is 5.11 Å². The summed E-state index contributed by atoms with van der Waals surface area (Å²) in [5.41, 5.74) is 0.106. The van der Waals surface area contributed by atoms with Crippen LogP contribution in [0.25, 0.3) is 0 Å². The molecule has 0 saturated heterocycles. The highest BCUT2D eigenvalue weighted by Crippen LogP contribution is 2.24. The van der Waals surface area contributed by atoms with Crippen LogP contribution in [0.2, 0.25) is 0 Å². The molecule has 2 heteroatoms. The van der Waals surface area contributed by atoms with Crippen LogP contribution in [-0.2, 0) is 0 Å². The second kappa shape index (κ2) is 6.39. The van der Waals surface area contributed by atoms with Crippen LogP contribution in [0.5, 0.6) is 0 Å². The average molecular weight is 187 g/mol. The van der Waals surface area contributed by atoms with E-state index in [1.54, 1.807) is 0 Å². The Morgan fingerprint density at radius 1 is 1.23 bits per heavy atom. The van der Waals surface area contributed by atoms with Crippen molar-refractivity contribution < 1.29 is 5.11 Å². The van der Waals surface area contributed by atoms with Gasteiger partial charge in [0.2, 0.25) is 0 Å². The molecule has 80 valence electrons. The first-order valence-electron chi connectivity index (χ1n) is 5.41. The molecule has 0 radical (unpaired) electrons. The number of hydrogen-bond acceptors (Lipinski definition) is 2. The first-order chi connectivity index (χ1) is 6.10. The minimum Gasteiger partial charge on any atom is -0.396 e. The van der Waals surface area contributed by atoms with Crippen LogP contribution in [0.15, 0.2) is 0 Å². The molecule has 0 bridgehead atoms. The fraction of sp³-hybridized carbons (Fsp3) is 1.00. The van der Waals surface area contributed by atoms with Crippen molar-refractivity contribution in [1.82, 2.24) is 5.32 Å². The summed E-state index contributed by atoms with van der Waals surface area (Å²) < 4.78 is 0. The molecular formula is C11H25NO. The monoisotopic (exact) mass is 187 g/mol. The van der Waals surface area contributed by atoms with E-state index in [4.69, 9.17) is 0 Å². The lowest BCUT2D eigenvalue weighted by Gasteiger charge is -2.30. The smallest absolute Gasteiger partial charge is 0.0499 e. The lowest BCUT2D eigenvalue weighted by atomic mass is 9.83. The molecule has 0 rings (SSSR count). The third-order valence-corrected chi connectivity index (χ3v) is 2.89. The molecule has 2 nitrogen and oxygen atoms in total. The second-order valence-electron chi connectivity index (χ2n) is 4.39. The average Bonchev–Trinajstić information content (AvgIpc) is 2.13. The van der Waals surface area contributed by atoms with E-state index in [1.807, 2.05) is 0 Å². The van der Waals surface area contributed by atoms with E-state index < -0.39 is 0 Å². The number of aliphatic hydroxyl groups excluding tert-OH is 1. The van der Waals surface area contributed by atoms with E-state index >= 15 is 0 Å². The molecule has 0 unspecified atom stereocenters. The highest BCUT2D eigenvalue weighted by atomic mass is 16.3. The summed E-state index contributed by atoms with van der Waals surface area (Å²) in [4.78, 5) is 0. The Balaban J connectivity index is 3.81. The van der Waals surface area contributed by atoms with Crippen molar-refractivity contribution in [1.29, 1.82) is 0 Å². The van der Waals surface area contributed by atoms with Gasteiger partial charge < -0.3 is 10.4 Å². The molecule has 0 aliphatic heterocycles. The van der Waals surface area contributed by atoms with Gasteiger partial charge in [-0.15, -0.1) is 0 Å². The molecule has 0 heterocycles. The summed E-state index contributed by atoms with van der Waals surface area (Å²) in [6.07, 6.45) is 2.09. The van der Waals surface area contributed by atoms with E-state index in [2.05, 4.69) is 33.0 Å². The van der Waals surface area contributed by atoms with Gasteiger partial charge in [0.05, 0.1) is 0 Å². The van der Waals surface area contributed by atoms with Crippen molar-refractivity contribution in [3.63, 3.8) is 0 Å². The summed E-state index contributed by atoms with van der Waals surface area (Å²) in [7, 11) is 0. The first-order valence-corrected chi connectivity index (χ1v) is 5.41. The molecule has 2 N–H and O–H groups in total. The van der Waals surface area contributed by atoms with Crippen molar-refractivity contribution >= 4 is 0 Å². The van der Waals surface area contributed by atoms with E-state index in [1.165, 1.54) is 0 Å². The molecule has 0 aromatic rings. The number of nitrogens with one attached hydrogen (secondary N) is 1. The van der Waals surface area contributed by atoms with Gasteiger partial charge >= 0.3 is 0 Å². The lowest BCUT2D eigenvalue weighted by Crippen LogP contribution is -2.37. The van der Waals surface area contributed by atoms with Gasteiger partial charge in [0.15, 0.2) is 0 Å². The number of aliphatic hydroxyl groups is 1. The van der Waals surface area contributed by atoms with E-state index in [-0.39, 0.29) is 5.41 Å². The minimum atomic E-state index is 0.106. The topological polar surface area (TPSA) is 32.3 Å². The predicted octanol–water partition coefficient (Wildman–Crippen LogP) is 2.03. The molecule has 0 aromatic carbocycles. The molecule has 0 aromatic heterocycles. The maximum Gasteiger partial charge on any atom is 0.0499 e. The van der Waals surface area contributed by atoms with Crippen LogP contribution in [-0.4, -0.2) is 24.8 Å². The zero-order chi connectivity index (χ0) is 10.3. The van der Waals surface area contributed by atoms with Gasteiger partial charge in [-0.3, -0.25) is 0 Å². The minimum absolute atomic E-state index is 0.106. The fourth-order valence-electron chi connectivity index (χ4n) is 1.41. The molecular weight excluding hydrogens is 162 g/mol. The standard InChI is InChI=1S/C11H25NO/c1-5-11(6-2,9-13)8-12-7-10(3)4/h10,12-13H,5-9H2,1-4H3. The Morgan fingerprint density at radius 2 is 1.77 bits per heavy atom. The fourth-order valence-corrected chi connectivity index (χ4v) is 1.41. The Morgan fingerprint density at radius 3 is 2.08 bits per heavy atom. The third kappa shape index (κ3) is 4.63. The predicted molar refractivity (Wildman–Crippen MR) is 57.8 cm³/mol. The zero-order valence-electron chi connectivity index (χ0n) is 9.56. The SMILES string of the molecule is CCC(CC)(CO)CNCC(C)C. The van der Waals surface area contributed by atoms with Gasteiger partial charge in [-0.25, -0.2) is 0 Å². The van der Waals surface area contributed by atoms with Gasteiger partial charge in [0, 0.05) is 18.6 Å². The number of rotatable bonds is 7. The van der Waals surface area contributed by atoms with Crippen molar-refractivity contribution in [2.45, 2.75) is 40.5 Å². The summed E-state index contributed by atoms with van der Waals surface area (Å²) in [5.74, 6) is 0.685. The van der Waals surface area contributed by atoms with Gasteiger partial charge in [0.1, 0.15) is 0 Å². The molecule has 0 aliphatic carbocycles. The molecule has 0 fully saturated rings. The van der Waals surface area contributed by atoms with E-state index in [0.717, 1.165) is 25.9 Å². The Kier molecular flexibility index (Phi) is 6.35. The van der Waals surface area contributed by atoms with Crippen LogP contribution < -0.4 is 5.32 Å². The maximum absolute atomic E-state index is 9.30. The Bertz CT molecular complexity index is 111. The third-order valence-electron chi connectivity index (χ3n) is 2.89. The van der Waals surface area contributed by atoms with E-state index in [0.29, 0.717) is 12.5 Å². The summed E-state index contributed by atoms with van der Waals surface area (Å²) in [6, 6.07) is 0. The highest BCUT2D eigenvalue weighted by Gasteiger charge is 2.24. The van der Waals surface area contributed by atoms with Crippen LogP contribution in [0.1, 0.15) is 40.5 Å².